The van der Waals surface area contributed by atoms with Crippen LogP contribution in [0.15, 0.2) is 22.4 Å². The summed E-state index contributed by atoms with van der Waals surface area (Å²) in [5.74, 6) is 1.07. The summed E-state index contributed by atoms with van der Waals surface area (Å²) < 4.78 is 10.1. The van der Waals surface area contributed by atoms with Crippen molar-refractivity contribution >= 4 is 11.3 Å². The monoisotopic (exact) mass is 182 g/mol. The predicted octanol–water partition coefficient (Wildman–Crippen LogP) is 1.81. The first-order chi connectivity index (χ1) is 5.92. The van der Waals surface area contributed by atoms with Crippen LogP contribution in [0, 0.1) is 0 Å². The van der Waals surface area contributed by atoms with Gasteiger partial charge in [0, 0.05) is 11.6 Å². The molecule has 0 aromatic carbocycles. The number of ether oxygens (including phenoxy) is 1. The Morgan fingerprint density at radius 1 is 1.50 bits per heavy atom. The van der Waals surface area contributed by atoms with Gasteiger partial charge in [0.05, 0.1) is 7.11 Å². The van der Waals surface area contributed by atoms with Gasteiger partial charge in [0.2, 0.25) is 5.76 Å². The number of aromatic nitrogens is 2. The Morgan fingerprint density at radius 2 is 2.42 bits per heavy atom. The second-order valence-corrected chi connectivity index (χ2v) is 2.92. The van der Waals surface area contributed by atoms with E-state index in [1.54, 1.807) is 13.3 Å². The van der Waals surface area contributed by atoms with Crippen molar-refractivity contribution in [2.75, 3.05) is 7.11 Å². The molecule has 2 heterocycles. The second kappa shape index (κ2) is 2.94. The van der Waals surface area contributed by atoms with Crippen molar-refractivity contribution in [3.63, 3.8) is 0 Å². The normalized spacial score (nSPS) is 10.1. The van der Waals surface area contributed by atoms with Gasteiger partial charge in [-0.05, 0) is 0 Å². The Labute approximate surface area is 72.8 Å². The highest BCUT2D eigenvalue weighted by molar-refractivity contribution is 7.13. The van der Waals surface area contributed by atoms with E-state index < -0.39 is 0 Å². The third-order valence-corrected chi connectivity index (χ3v) is 2.13. The van der Waals surface area contributed by atoms with Gasteiger partial charge in [-0.15, -0.1) is 11.3 Å². The summed E-state index contributed by atoms with van der Waals surface area (Å²) in [7, 11) is 1.55. The summed E-state index contributed by atoms with van der Waals surface area (Å²) in [6, 6.07) is 0. The molecule has 5 heteroatoms. The molecule has 0 N–H and O–H groups in total. The molecular weight excluding hydrogens is 176 g/mol. The zero-order valence-electron chi connectivity index (χ0n) is 6.35. The van der Waals surface area contributed by atoms with E-state index in [0.717, 1.165) is 5.01 Å². The fourth-order valence-corrected chi connectivity index (χ4v) is 1.47. The van der Waals surface area contributed by atoms with E-state index >= 15 is 0 Å². The molecule has 0 radical (unpaired) electrons. The largest absolute Gasteiger partial charge is 0.478 e. The fourth-order valence-electron chi connectivity index (χ4n) is 0.859. The van der Waals surface area contributed by atoms with Gasteiger partial charge in [-0.2, -0.15) is 4.98 Å². The average Bonchev–Trinajstić information content (AvgIpc) is 2.74. The molecule has 0 amide bonds. The van der Waals surface area contributed by atoms with E-state index in [2.05, 4.69) is 9.97 Å². The zero-order chi connectivity index (χ0) is 8.39. The SMILES string of the molecule is COc1ncoc1-c1nccs1. The molecule has 2 rings (SSSR count). The van der Waals surface area contributed by atoms with Gasteiger partial charge in [0.15, 0.2) is 11.4 Å². The van der Waals surface area contributed by atoms with Crippen molar-refractivity contribution in [1.82, 2.24) is 9.97 Å². The van der Waals surface area contributed by atoms with Gasteiger partial charge in [-0.3, -0.25) is 0 Å². The fraction of sp³-hybridized carbons (Fsp3) is 0.143. The molecule has 2 aromatic rings. The minimum Gasteiger partial charge on any atom is -0.478 e. The quantitative estimate of drug-likeness (QED) is 0.710. The van der Waals surface area contributed by atoms with Gasteiger partial charge >= 0.3 is 0 Å². The van der Waals surface area contributed by atoms with E-state index in [0.29, 0.717) is 11.6 Å². The zero-order valence-corrected chi connectivity index (χ0v) is 7.17. The van der Waals surface area contributed by atoms with Gasteiger partial charge in [-0.1, -0.05) is 0 Å². The molecule has 62 valence electrons. The van der Waals surface area contributed by atoms with Crippen LogP contribution >= 0.6 is 11.3 Å². The van der Waals surface area contributed by atoms with E-state index in [1.807, 2.05) is 5.38 Å². The molecular formula is C7H6N2O2S. The summed E-state index contributed by atoms with van der Waals surface area (Å²) in [6.45, 7) is 0. The van der Waals surface area contributed by atoms with Crippen LogP contribution in [0.1, 0.15) is 0 Å². The number of nitrogens with zero attached hydrogens (tertiary/aromatic N) is 2. The molecule has 0 bridgehead atoms. The second-order valence-electron chi connectivity index (χ2n) is 2.03. The molecule has 0 spiro atoms. The van der Waals surface area contributed by atoms with E-state index in [-0.39, 0.29) is 0 Å². The third-order valence-electron chi connectivity index (χ3n) is 1.35. The van der Waals surface area contributed by atoms with Crippen LogP contribution < -0.4 is 4.74 Å². The van der Waals surface area contributed by atoms with Crippen LogP contribution in [0.4, 0.5) is 0 Å². The van der Waals surface area contributed by atoms with Crippen LogP contribution in [-0.4, -0.2) is 17.1 Å². The standard InChI is InChI=1S/C7H6N2O2S/c1-10-6-5(11-4-9-6)7-8-2-3-12-7/h2-4H,1H3. The van der Waals surface area contributed by atoms with Crippen LogP contribution in [-0.2, 0) is 0 Å². The molecule has 0 aliphatic carbocycles. The van der Waals surface area contributed by atoms with Crippen LogP contribution in [0.5, 0.6) is 5.88 Å². The van der Waals surface area contributed by atoms with E-state index in [4.69, 9.17) is 9.15 Å². The Bertz CT molecular complexity index is 355. The number of oxazole rings is 1. The molecule has 0 saturated heterocycles. The lowest BCUT2D eigenvalue weighted by atomic mass is 10.5. The number of thiazole rings is 1. The Morgan fingerprint density at radius 3 is 3.08 bits per heavy atom. The van der Waals surface area contributed by atoms with Crippen LogP contribution in [0.2, 0.25) is 0 Å². The number of hydrogen-bond donors (Lipinski definition) is 0. The molecule has 0 saturated carbocycles. The highest BCUT2D eigenvalue weighted by atomic mass is 32.1. The van der Waals surface area contributed by atoms with Gasteiger partial charge in [0.1, 0.15) is 0 Å². The molecule has 12 heavy (non-hydrogen) atoms. The highest BCUT2D eigenvalue weighted by Crippen LogP contribution is 2.29. The molecule has 0 fully saturated rings. The summed E-state index contributed by atoms with van der Waals surface area (Å²) in [5, 5.41) is 2.65. The first kappa shape index (κ1) is 7.30. The molecule has 0 aliphatic heterocycles. The first-order valence-corrected chi connectivity index (χ1v) is 4.17. The average molecular weight is 182 g/mol. The predicted molar refractivity (Wildman–Crippen MR) is 44.2 cm³/mol. The van der Waals surface area contributed by atoms with Crippen molar-refractivity contribution in [3.05, 3.63) is 18.0 Å². The van der Waals surface area contributed by atoms with Crippen molar-refractivity contribution in [1.29, 1.82) is 0 Å². The maximum atomic E-state index is 5.11. The molecule has 0 aliphatic rings. The summed E-state index contributed by atoms with van der Waals surface area (Å²) in [5.41, 5.74) is 0. The smallest absolute Gasteiger partial charge is 0.263 e. The third kappa shape index (κ3) is 1.08. The highest BCUT2D eigenvalue weighted by Gasteiger charge is 2.12. The van der Waals surface area contributed by atoms with Crippen molar-refractivity contribution < 1.29 is 9.15 Å². The Balaban J connectivity index is 2.46. The first-order valence-electron chi connectivity index (χ1n) is 3.29. The van der Waals surface area contributed by atoms with Crippen LogP contribution in [0.3, 0.4) is 0 Å². The topological polar surface area (TPSA) is 48.2 Å². The lowest BCUT2D eigenvalue weighted by Gasteiger charge is -1.93. The van der Waals surface area contributed by atoms with Crippen molar-refractivity contribution in [2.24, 2.45) is 0 Å². The lowest BCUT2D eigenvalue weighted by Crippen LogP contribution is -1.84. The maximum absolute atomic E-state index is 5.11. The number of rotatable bonds is 2. The maximum Gasteiger partial charge on any atom is 0.263 e. The number of hydrogen-bond acceptors (Lipinski definition) is 5. The minimum absolute atomic E-state index is 0.477. The minimum atomic E-state index is 0.477. The Kier molecular flexibility index (Phi) is 1.79. The summed E-state index contributed by atoms with van der Waals surface area (Å²) in [6.07, 6.45) is 3.05. The van der Waals surface area contributed by atoms with Crippen LogP contribution in [0.25, 0.3) is 10.8 Å². The number of methoxy groups -OCH3 is 1. The van der Waals surface area contributed by atoms with Gasteiger partial charge in [0.25, 0.3) is 5.88 Å². The van der Waals surface area contributed by atoms with Crippen molar-refractivity contribution in [3.8, 4) is 16.6 Å². The van der Waals surface area contributed by atoms with E-state index in [9.17, 15) is 0 Å². The molecule has 0 unspecified atom stereocenters. The molecule has 2 aromatic heterocycles. The molecule has 0 atom stereocenters. The van der Waals surface area contributed by atoms with Crippen molar-refractivity contribution in [2.45, 2.75) is 0 Å². The Hall–Kier alpha value is -1.36. The molecule has 4 nitrogen and oxygen atoms in total. The lowest BCUT2D eigenvalue weighted by molar-refractivity contribution is 0.398. The van der Waals surface area contributed by atoms with Gasteiger partial charge in [-0.25, -0.2) is 4.98 Å². The summed E-state index contributed by atoms with van der Waals surface area (Å²) in [4.78, 5) is 7.94. The van der Waals surface area contributed by atoms with E-state index in [1.165, 1.54) is 17.7 Å². The van der Waals surface area contributed by atoms with Gasteiger partial charge < -0.3 is 9.15 Å². The summed E-state index contributed by atoms with van der Waals surface area (Å²) >= 11 is 1.49.